The van der Waals surface area contributed by atoms with E-state index in [0.29, 0.717) is 6.04 Å². The number of nitrogens with zero attached hydrogens (tertiary/aromatic N) is 4. The Labute approximate surface area is 163 Å². The van der Waals surface area contributed by atoms with Gasteiger partial charge in [0.2, 0.25) is 0 Å². The fourth-order valence-electron chi connectivity index (χ4n) is 4.75. The van der Waals surface area contributed by atoms with Crippen LogP contribution in [-0.4, -0.2) is 51.2 Å². The van der Waals surface area contributed by atoms with E-state index in [0.717, 1.165) is 50.2 Å². The molecular weight excluding hydrogens is 334 g/mol. The Kier molecular flexibility index (Phi) is 6.20. The standard InChI is InChI=1S/C22H33N5/c1-18-23-22(25-24-18)21-12-13-26(16-19-8-4-2-5-9-19)14-15-27(21)17-20-10-6-3-7-11-20/h3,6-7,10-11,19,21H,2,4-5,8-9,12-17H2,1H3,(H,23,24,25). The van der Waals surface area contributed by atoms with Crippen LogP contribution in [0.4, 0.5) is 0 Å². The molecule has 5 nitrogen and oxygen atoms in total. The predicted molar refractivity (Wildman–Crippen MR) is 108 cm³/mol. The maximum atomic E-state index is 4.68. The molecule has 1 unspecified atom stereocenters. The first-order chi connectivity index (χ1) is 13.3. The quantitative estimate of drug-likeness (QED) is 0.869. The minimum Gasteiger partial charge on any atom is -0.302 e. The second-order valence-corrected chi connectivity index (χ2v) is 8.34. The van der Waals surface area contributed by atoms with E-state index in [4.69, 9.17) is 0 Å². The third kappa shape index (κ3) is 4.96. The Bertz CT molecular complexity index is 692. The molecule has 0 spiro atoms. The van der Waals surface area contributed by atoms with Gasteiger partial charge in [-0.15, -0.1) is 0 Å². The zero-order chi connectivity index (χ0) is 18.5. The Hall–Kier alpha value is -1.72. The van der Waals surface area contributed by atoms with Crippen molar-refractivity contribution >= 4 is 0 Å². The van der Waals surface area contributed by atoms with Crippen LogP contribution in [0.5, 0.6) is 0 Å². The normalized spacial score (nSPS) is 23.4. The maximum absolute atomic E-state index is 4.68. The highest BCUT2D eigenvalue weighted by Crippen LogP contribution is 2.29. The smallest absolute Gasteiger partial charge is 0.167 e. The number of aromatic amines is 1. The van der Waals surface area contributed by atoms with Crippen molar-refractivity contribution in [3.8, 4) is 0 Å². The molecule has 2 heterocycles. The summed E-state index contributed by atoms with van der Waals surface area (Å²) < 4.78 is 0. The number of aryl methyl sites for hydroxylation is 1. The Morgan fingerprint density at radius 2 is 1.81 bits per heavy atom. The predicted octanol–water partition coefficient (Wildman–Crippen LogP) is 3.94. The van der Waals surface area contributed by atoms with Crippen molar-refractivity contribution in [2.24, 2.45) is 5.92 Å². The van der Waals surface area contributed by atoms with Gasteiger partial charge < -0.3 is 4.90 Å². The topological polar surface area (TPSA) is 48.1 Å². The van der Waals surface area contributed by atoms with Gasteiger partial charge in [0.25, 0.3) is 0 Å². The van der Waals surface area contributed by atoms with Crippen LogP contribution in [0, 0.1) is 12.8 Å². The molecule has 2 aromatic rings. The van der Waals surface area contributed by atoms with Gasteiger partial charge in [-0.2, -0.15) is 5.10 Å². The third-order valence-corrected chi connectivity index (χ3v) is 6.25. The Balaban J connectivity index is 1.46. The average Bonchev–Trinajstić information content (AvgIpc) is 3.03. The van der Waals surface area contributed by atoms with Gasteiger partial charge in [0.15, 0.2) is 5.82 Å². The van der Waals surface area contributed by atoms with Crippen LogP contribution in [0.25, 0.3) is 0 Å². The summed E-state index contributed by atoms with van der Waals surface area (Å²) in [6.45, 7) is 7.63. The summed E-state index contributed by atoms with van der Waals surface area (Å²) in [5.41, 5.74) is 1.37. The van der Waals surface area contributed by atoms with Crippen LogP contribution in [0.15, 0.2) is 30.3 Å². The number of aromatic nitrogens is 3. The van der Waals surface area contributed by atoms with Gasteiger partial charge in [-0.1, -0.05) is 49.6 Å². The zero-order valence-corrected chi connectivity index (χ0v) is 16.6. The van der Waals surface area contributed by atoms with Crippen molar-refractivity contribution in [2.45, 2.75) is 58.0 Å². The summed E-state index contributed by atoms with van der Waals surface area (Å²) >= 11 is 0. The summed E-state index contributed by atoms with van der Waals surface area (Å²) in [5, 5.41) is 7.56. The van der Waals surface area contributed by atoms with E-state index in [1.165, 1.54) is 44.2 Å². The molecule has 0 bridgehead atoms. The monoisotopic (exact) mass is 367 g/mol. The molecule has 1 N–H and O–H groups in total. The molecule has 0 radical (unpaired) electrons. The lowest BCUT2D eigenvalue weighted by Crippen LogP contribution is -2.35. The molecule has 1 aliphatic heterocycles. The summed E-state index contributed by atoms with van der Waals surface area (Å²) in [4.78, 5) is 9.97. The summed E-state index contributed by atoms with van der Waals surface area (Å²) in [7, 11) is 0. The fourth-order valence-corrected chi connectivity index (χ4v) is 4.75. The number of H-pyrrole nitrogens is 1. The van der Waals surface area contributed by atoms with E-state index in [2.05, 4.69) is 55.3 Å². The summed E-state index contributed by atoms with van der Waals surface area (Å²) in [6, 6.07) is 11.1. The molecular formula is C22H33N5. The van der Waals surface area contributed by atoms with Crippen LogP contribution in [0.2, 0.25) is 0 Å². The molecule has 27 heavy (non-hydrogen) atoms. The van der Waals surface area contributed by atoms with Gasteiger partial charge in [-0.05, 0) is 37.7 Å². The highest BCUT2D eigenvalue weighted by molar-refractivity contribution is 5.15. The second kappa shape index (κ2) is 8.98. The van der Waals surface area contributed by atoms with Gasteiger partial charge in [-0.25, -0.2) is 4.98 Å². The molecule has 0 amide bonds. The van der Waals surface area contributed by atoms with Crippen LogP contribution in [0.3, 0.4) is 0 Å². The molecule has 2 aliphatic rings. The lowest BCUT2D eigenvalue weighted by atomic mass is 9.89. The number of hydrogen-bond donors (Lipinski definition) is 1. The van der Waals surface area contributed by atoms with E-state index in [-0.39, 0.29) is 0 Å². The van der Waals surface area contributed by atoms with Crippen molar-refractivity contribution in [1.29, 1.82) is 0 Å². The first kappa shape index (κ1) is 18.6. The van der Waals surface area contributed by atoms with Crippen LogP contribution >= 0.6 is 0 Å². The minimum atomic E-state index is 0.298. The SMILES string of the molecule is Cc1nc(C2CCN(CC3CCCCC3)CCN2Cc2ccccc2)n[nH]1. The molecule has 4 rings (SSSR count). The fraction of sp³-hybridized carbons (Fsp3) is 0.636. The third-order valence-electron chi connectivity index (χ3n) is 6.25. The van der Waals surface area contributed by atoms with Gasteiger partial charge in [0.1, 0.15) is 5.82 Å². The van der Waals surface area contributed by atoms with E-state index < -0.39 is 0 Å². The molecule has 1 saturated heterocycles. The number of benzene rings is 1. The summed E-state index contributed by atoms with van der Waals surface area (Å²) in [5.74, 6) is 2.78. The van der Waals surface area contributed by atoms with Crippen molar-refractivity contribution < 1.29 is 0 Å². The lowest BCUT2D eigenvalue weighted by molar-refractivity contribution is 0.182. The molecule has 1 aromatic carbocycles. The van der Waals surface area contributed by atoms with E-state index in [1.54, 1.807) is 0 Å². The van der Waals surface area contributed by atoms with Gasteiger partial charge in [0, 0.05) is 32.7 Å². The molecule has 1 saturated carbocycles. The number of hydrogen-bond acceptors (Lipinski definition) is 4. The van der Waals surface area contributed by atoms with Crippen molar-refractivity contribution in [3.05, 3.63) is 47.5 Å². The van der Waals surface area contributed by atoms with E-state index >= 15 is 0 Å². The van der Waals surface area contributed by atoms with E-state index in [1.807, 2.05) is 6.92 Å². The van der Waals surface area contributed by atoms with Crippen LogP contribution in [0.1, 0.15) is 61.8 Å². The molecule has 146 valence electrons. The second-order valence-electron chi connectivity index (χ2n) is 8.34. The van der Waals surface area contributed by atoms with Gasteiger partial charge >= 0.3 is 0 Å². The van der Waals surface area contributed by atoms with Crippen LogP contribution in [-0.2, 0) is 6.54 Å². The molecule has 1 atom stereocenters. The first-order valence-electron chi connectivity index (χ1n) is 10.7. The molecule has 5 heteroatoms. The van der Waals surface area contributed by atoms with E-state index in [9.17, 15) is 0 Å². The Morgan fingerprint density at radius 1 is 1.00 bits per heavy atom. The lowest BCUT2D eigenvalue weighted by Gasteiger charge is -2.29. The van der Waals surface area contributed by atoms with Crippen molar-refractivity contribution in [2.75, 3.05) is 26.2 Å². The minimum absolute atomic E-state index is 0.298. The van der Waals surface area contributed by atoms with Gasteiger partial charge in [0.05, 0.1) is 6.04 Å². The van der Waals surface area contributed by atoms with Gasteiger partial charge in [-0.3, -0.25) is 10.00 Å². The summed E-state index contributed by atoms with van der Waals surface area (Å²) in [6.07, 6.45) is 8.25. The van der Waals surface area contributed by atoms with Crippen molar-refractivity contribution in [3.63, 3.8) is 0 Å². The average molecular weight is 368 g/mol. The highest BCUT2D eigenvalue weighted by atomic mass is 15.3. The van der Waals surface area contributed by atoms with Crippen molar-refractivity contribution in [1.82, 2.24) is 25.0 Å². The number of nitrogens with one attached hydrogen (secondary N) is 1. The zero-order valence-electron chi connectivity index (χ0n) is 16.6. The Morgan fingerprint density at radius 3 is 2.56 bits per heavy atom. The highest BCUT2D eigenvalue weighted by Gasteiger charge is 2.29. The van der Waals surface area contributed by atoms with Crippen LogP contribution < -0.4 is 0 Å². The number of rotatable bonds is 5. The molecule has 1 aliphatic carbocycles. The molecule has 2 fully saturated rings. The largest absolute Gasteiger partial charge is 0.302 e. The maximum Gasteiger partial charge on any atom is 0.167 e. The first-order valence-corrected chi connectivity index (χ1v) is 10.7. The molecule has 1 aromatic heterocycles.